The third-order valence-corrected chi connectivity index (χ3v) is 0. The summed E-state index contributed by atoms with van der Waals surface area (Å²) in [6.45, 7) is 0. The van der Waals surface area contributed by atoms with Crippen LogP contribution in [0.25, 0.3) is 0 Å². The van der Waals surface area contributed by atoms with Gasteiger partial charge in [-0.1, -0.05) is 0 Å². The van der Waals surface area contributed by atoms with Gasteiger partial charge in [-0.05, 0) is 0 Å². The largest absolute Gasteiger partial charge is 3.00 e. The van der Waals surface area contributed by atoms with Crippen molar-refractivity contribution in [3.63, 3.8) is 0 Å². The second kappa shape index (κ2) is 467. The van der Waals surface area contributed by atoms with Gasteiger partial charge in [-0.3, -0.25) is 14.1 Å². The van der Waals surface area contributed by atoms with Gasteiger partial charge >= 0.3 is 9.84 Å². The van der Waals surface area contributed by atoms with Crippen LogP contribution >= 0.6 is 0 Å². The molecule has 0 radical (unpaired) electrons. The second-order valence-electron chi connectivity index (χ2n) is 0. The molecule has 0 aromatic heterocycles. The Bertz CT molecular complexity index is 6.85. The zero-order chi connectivity index (χ0) is 0. The van der Waals surface area contributed by atoms with E-state index in [-0.39, 0.29) is 24.0 Å². The molecule has 0 aromatic rings. The van der Waals surface area contributed by atoms with Crippen molar-refractivity contribution < 1.29 is 15.5 Å². The first-order valence-electron chi connectivity index (χ1n) is 0. The molecule has 0 rings (SSSR count). The Morgan fingerprint density at radius 1 is 0.750 bits per heavy atom. The first kappa shape index (κ1) is 1490. The molecule has 0 saturated heterocycles. The maximum Gasteiger partial charge on any atom is 3.00 e. The molecule has 24 valence electrons. The molecule has 0 spiro atoms. The molecule has 0 aliphatic heterocycles. The van der Waals surface area contributed by atoms with E-state index in [1.54, 1.807) is 0 Å². The van der Waals surface area contributed by atoms with Crippen molar-refractivity contribution in [2.45, 2.75) is 0 Å². The molecular formula is H4BF3+4. The van der Waals surface area contributed by atoms with Gasteiger partial charge < -0.3 is 0 Å². The van der Waals surface area contributed by atoms with Crippen LogP contribution in [0.4, 0.5) is 14.1 Å². The molecule has 0 atom stereocenters. The van der Waals surface area contributed by atoms with E-state index >= 15 is 0 Å². The van der Waals surface area contributed by atoms with Gasteiger partial charge in [0.05, 0.1) is 0 Å². The minimum Gasteiger partial charge on any atom is -0.269 e. The van der Waals surface area contributed by atoms with Crippen molar-refractivity contribution in [1.29, 1.82) is 0 Å². The summed E-state index contributed by atoms with van der Waals surface area (Å²) < 4.78 is 0. The van der Waals surface area contributed by atoms with Gasteiger partial charge in [0.15, 0.2) is 0 Å². The SMILES string of the molecule is F.F.F.[B+3].[H+]. The van der Waals surface area contributed by atoms with Crippen LogP contribution in [0.5, 0.6) is 0 Å². The predicted molar refractivity (Wildman–Crippen MR) is 14.4 cm³/mol. The second-order valence-corrected chi connectivity index (χ2v) is 0. The number of rotatable bonds is 0. The maximum absolute atomic E-state index is 0. The molecule has 0 fully saturated rings. The first-order valence-corrected chi connectivity index (χ1v) is 0. The summed E-state index contributed by atoms with van der Waals surface area (Å²) in [5.74, 6) is 0. The molecule has 0 amide bonds. The maximum atomic E-state index is 0. The molecule has 0 nitrogen and oxygen atoms in total. The van der Waals surface area contributed by atoms with E-state index in [1.165, 1.54) is 0 Å². The molecule has 0 aliphatic carbocycles. The van der Waals surface area contributed by atoms with Crippen molar-refractivity contribution in [1.82, 2.24) is 0 Å². The fourth-order valence-corrected chi connectivity index (χ4v) is 0. The average Bonchev–Trinajstić information content (AvgIpc) is 0. The number of halogens is 3. The summed E-state index contributed by atoms with van der Waals surface area (Å²) in [6.07, 6.45) is 0. The predicted octanol–water partition coefficient (Wildman–Crippen LogP) is 0.189. The fraction of sp³-hybridized carbons (Fsp3) is 0. The summed E-state index contributed by atoms with van der Waals surface area (Å²) in [5, 5.41) is 0. The fourth-order valence-electron chi connectivity index (χ4n) is 0. The Morgan fingerprint density at radius 3 is 0.750 bits per heavy atom. The smallest absolute Gasteiger partial charge is 0.269 e. The van der Waals surface area contributed by atoms with E-state index in [0.29, 0.717) is 0 Å². The monoisotopic (exact) mass is 72.0 g/mol. The molecule has 4 heavy (non-hydrogen) atoms. The molecule has 0 aliphatic rings. The molecule has 0 heterocycles. The summed E-state index contributed by atoms with van der Waals surface area (Å²) in [6, 6.07) is 0. The third kappa shape index (κ3) is 64.4. The van der Waals surface area contributed by atoms with Gasteiger partial charge in [0.2, 0.25) is 0 Å². The molecule has 0 unspecified atom stereocenters. The summed E-state index contributed by atoms with van der Waals surface area (Å²) in [7, 11) is 0. The molecular weight excluding hydrogens is 67.8 g/mol. The van der Waals surface area contributed by atoms with Crippen LogP contribution in [0.2, 0.25) is 0 Å². The normalized spacial score (nSPS) is 0. The Morgan fingerprint density at radius 2 is 0.750 bits per heavy atom. The number of hydrogen-bond acceptors (Lipinski definition) is 0. The van der Waals surface area contributed by atoms with E-state index in [1.807, 2.05) is 0 Å². The van der Waals surface area contributed by atoms with Crippen molar-refractivity contribution in [2.24, 2.45) is 0 Å². The zero-order valence-electron chi connectivity index (χ0n) is 2.80. The van der Waals surface area contributed by atoms with E-state index in [2.05, 4.69) is 0 Å². The molecule has 0 bridgehead atoms. The van der Waals surface area contributed by atoms with Gasteiger partial charge in [0.1, 0.15) is 0 Å². The molecule has 0 aromatic carbocycles. The summed E-state index contributed by atoms with van der Waals surface area (Å²) in [5.41, 5.74) is 0. The van der Waals surface area contributed by atoms with E-state index in [4.69, 9.17) is 0 Å². The van der Waals surface area contributed by atoms with Crippen molar-refractivity contribution in [2.75, 3.05) is 0 Å². The van der Waals surface area contributed by atoms with Crippen LogP contribution in [-0.4, -0.2) is 8.41 Å². The Labute approximate surface area is 25.4 Å². The Kier molecular flexibility index (Phi) is 174000. The van der Waals surface area contributed by atoms with Crippen molar-refractivity contribution in [3.8, 4) is 0 Å². The number of hydrogen-bond donors (Lipinski definition) is 0. The van der Waals surface area contributed by atoms with E-state index in [9.17, 15) is 0 Å². The van der Waals surface area contributed by atoms with Gasteiger partial charge in [-0.25, -0.2) is 0 Å². The van der Waals surface area contributed by atoms with Crippen LogP contribution in [0.3, 0.4) is 0 Å². The van der Waals surface area contributed by atoms with Crippen LogP contribution in [-0.2, 0) is 0 Å². The quantitative estimate of drug-likeness (QED) is 0.358. The molecule has 0 saturated carbocycles. The molecule has 0 N–H and O–H groups in total. The zero-order valence-corrected chi connectivity index (χ0v) is 1.80. The van der Waals surface area contributed by atoms with Crippen LogP contribution in [0.15, 0.2) is 0 Å². The van der Waals surface area contributed by atoms with Crippen molar-refractivity contribution >= 4 is 8.41 Å². The first-order chi connectivity index (χ1) is 0. The van der Waals surface area contributed by atoms with Crippen molar-refractivity contribution in [3.05, 3.63) is 0 Å². The standard InChI is InChI=1S/B.3FH/h;3*1H/q+3;;;/p+1. The molecule has 4 heteroatoms. The minimum atomic E-state index is 0. The Balaban J connectivity index is 0. The van der Waals surface area contributed by atoms with Gasteiger partial charge in [-0.15, -0.1) is 0 Å². The van der Waals surface area contributed by atoms with Crippen LogP contribution in [0.1, 0.15) is 1.43 Å². The summed E-state index contributed by atoms with van der Waals surface area (Å²) in [4.78, 5) is 0. The van der Waals surface area contributed by atoms with Crippen LogP contribution in [0, 0.1) is 0 Å². The third-order valence-electron chi connectivity index (χ3n) is 0. The summed E-state index contributed by atoms with van der Waals surface area (Å²) >= 11 is 0. The minimum absolute atomic E-state index is 0. The average molecular weight is 71.8 g/mol. The van der Waals surface area contributed by atoms with E-state index < -0.39 is 0 Å². The van der Waals surface area contributed by atoms with Crippen LogP contribution < -0.4 is 0 Å². The topological polar surface area (TPSA) is 0 Å². The van der Waals surface area contributed by atoms with E-state index in [0.717, 1.165) is 0 Å². The van der Waals surface area contributed by atoms with Gasteiger partial charge in [-0.2, -0.15) is 0 Å². The van der Waals surface area contributed by atoms with Gasteiger partial charge in [0.25, 0.3) is 0 Å². The Hall–Kier alpha value is -0.145. The van der Waals surface area contributed by atoms with Gasteiger partial charge in [0, 0.05) is 0 Å².